The van der Waals surface area contributed by atoms with Gasteiger partial charge in [0.25, 0.3) is 17.4 Å². The number of nitrogens with zero attached hydrogens (tertiary/aromatic N) is 1. The molecule has 0 saturated carbocycles. The van der Waals surface area contributed by atoms with Gasteiger partial charge in [0.2, 0.25) is 5.82 Å². The molecule has 1 aliphatic carbocycles. The molecule has 3 aromatic rings. The van der Waals surface area contributed by atoms with Crippen LogP contribution in [0, 0.1) is 0 Å². The van der Waals surface area contributed by atoms with Gasteiger partial charge in [-0.1, -0.05) is 13.0 Å². The molecular weight excluding hydrogens is 510 g/mol. The molecule has 3 heterocycles. The predicted octanol–water partition coefficient (Wildman–Crippen LogP) is 2.14. The summed E-state index contributed by atoms with van der Waals surface area (Å²) in [6, 6.07) is 5.16. The molecule has 2 aliphatic rings. The van der Waals surface area contributed by atoms with Crippen molar-refractivity contribution in [3.8, 4) is 5.75 Å². The molecule has 192 valence electrons. The highest BCUT2D eigenvalue weighted by Crippen LogP contribution is 2.40. The molecule has 13 heteroatoms. The van der Waals surface area contributed by atoms with Crippen molar-refractivity contribution in [3.63, 3.8) is 0 Å². The average Bonchev–Trinajstić information content (AvgIpc) is 3.21. The molecule has 5 rings (SSSR count). The zero-order chi connectivity index (χ0) is 25.1. The minimum Gasteiger partial charge on any atom is -0.482 e. The molecule has 2 amide bonds. The summed E-state index contributed by atoms with van der Waals surface area (Å²) >= 11 is 1.27. The number of carbonyl (C=O) groups is 3. The summed E-state index contributed by atoms with van der Waals surface area (Å²) in [4.78, 5) is 56.5. The minimum atomic E-state index is -0.960. The number of anilines is 1. The number of benzene rings is 1. The van der Waals surface area contributed by atoms with E-state index in [1.54, 1.807) is 18.2 Å². The van der Waals surface area contributed by atoms with E-state index < -0.39 is 23.4 Å². The number of hydrogen-bond acceptors (Lipinski definition) is 8. The zero-order valence-corrected chi connectivity index (χ0v) is 21.0. The Hall–Kier alpha value is -3.48. The van der Waals surface area contributed by atoms with E-state index >= 15 is 0 Å². The molecule has 0 spiro atoms. The first-order chi connectivity index (χ1) is 16.8. The Labute approximate surface area is 215 Å². The lowest BCUT2D eigenvalue weighted by molar-refractivity contribution is -0.139. The standard InChI is InChI=1S/C21H18N4O6S.C2H7N.ClH/c26-14-8-31-12-5-4-9(6-11(12)23-14)7-22-19(28)17-24-18(27)16-15-10(21(29)30)2-1-3-13(15)32-20(16)25-17;1-2-3;/h4-6,10H,1-3,7-8H2,(H,22,28)(H,23,26)(H,29,30)(H,24,25,27);2-3H2,1H3;1H. The van der Waals surface area contributed by atoms with Crippen LogP contribution in [0.2, 0.25) is 0 Å². The number of nitrogens with two attached hydrogens (primary N) is 1. The van der Waals surface area contributed by atoms with Gasteiger partial charge in [-0.05, 0) is 49.1 Å². The van der Waals surface area contributed by atoms with E-state index in [4.69, 9.17) is 10.5 Å². The largest absolute Gasteiger partial charge is 0.482 e. The monoisotopic (exact) mass is 535 g/mol. The molecule has 2 aromatic heterocycles. The third kappa shape index (κ3) is 5.50. The Morgan fingerprint density at radius 2 is 2.08 bits per heavy atom. The van der Waals surface area contributed by atoms with Crippen LogP contribution in [-0.2, 0) is 22.6 Å². The Bertz CT molecular complexity index is 1370. The molecular formula is C23H26ClN5O6S. The lowest BCUT2D eigenvalue weighted by Gasteiger charge is -2.18. The molecule has 1 aromatic carbocycles. The number of amides is 2. The number of aryl methyl sites for hydroxylation is 1. The topological polar surface area (TPSA) is 176 Å². The Morgan fingerprint density at radius 3 is 2.81 bits per heavy atom. The van der Waals surface area contributed by atoms with E-state index in [0.717, 1.165) is 23.4 Å². The number of carbonyl (C=O) groups excluding carboxylic acids is 2. The number of nitrogens with one attached hydrogen (secondary N) is 3. The van der Waals surface area contributed by atoms with Crippen LogP contribution in [0.3, 0.4) is 0 Å². The summed E-state index contributed by atoms with van der Waals surface area (Å²) in [6.45, 7) is 2.76. The first kappa shape index (κ1) is 27.1. The third-order valence-electron chi connectivity index (χ3n) is 5.56. The molecule has 0 radical (unpaired) electrons. The fraction of sp³-hybridized carbons (Fsp3) is 0.348. The van der Waals surface area contributed by atoms with Gasteiger partial charge in [0.1, 0.15) is 10.6 Å². The summed E-state index contributed by atoms with van der Waals surface area (Å²) in [6.07, 6.45) is 1.90. The van der Waals surface area contributed by atoms with Gasteiger partial charge in [0, 0.05) is 11.4 Å². The number of carboxylic acid groups (broad SMARTS) is 1. The van der Waals surface area contributed by atoms with Crippen molar-refractivity contribution < 1.29 is 24.2 Å². The van der Waals surface area contributed by atoms with E-state index in [0.29, 0.717) is 34.7 Å². The summed E-state index contributed by atoms with van der Waals surface area (Å²) in [5.41, 5.74) is 6.11. The van der Waals surface area contributed by atoms with Crippen LogP contribution in [0.15, 0.2) is 23.0 Å². The van der Waals surface area contributed by atoms with Gasteiger partial charge >= 0.3 is 5.97 Å². The number of aromatic amines is 1. The minimum absolute atomic E-state index is 0. The summed E-state index contributed by atoms with van der Waals surface area (Å²) in [5.74, 6) is -2.09. The summed E-state index contributed by atoms with van der Waals surface area (Å²) < 4.78 is 5.31. The smallest absolute Gasteiger partial charge is 0.311 e. The van der Waals surface area contributed by atoms with E-state index in [2.05, 4.69) is 20.6 Å². The Kier molecular flexibility index (Phi) is 8.66. The van der Waals surface area contributed by atoms with Crippen LogP contribution in [-0.4, -0.2) is 46.0 Å². The maximum atomic E-state index is 12.8. The molecule has 36 heavy (non-hydrogen) atoms. The molecule has 1 aliphatic heterocycles. The second kappa shape index (κ2) is 11.5. The average molecular weight is 536 g/mol. The van der Waals surface area contributed by atoms with Crippen molar-refractivity contribution in [3.05, 3.63) is 50.4 Å². The van der Waals surface area contributed by atoms with Crippen molar-refractivity contribution in [2.75, 3.05) is 18.5 Å². The van der Waals surface area contributed by atoms with Crippen molar-refractivity contribution in [2.24, 2.45) is 5.73 Å². The number of ether oxygens (including phenoxy) is 1. The number of carboxylic acids is 1. The van der Waals surface area contributed by atoms with Crippen molar-refractivity contribution >= 4 is 57.4 Å². The first-order valence-electron chi connectivity index (χ1n) is 11.1. The van der Waals surface area contributed by atoms with Gasteiger partial charge in [-0.3, -0.25) is 19.2 Å². The predicted molar refractivity (Wildman–Crippen MR) is 137 cm³/mol. The number of hydrogen-bond donors (Lipinski definition) is 5. The number of aliphatic carboxylic acids is 1. The quantitative estimate of drug-likeness (QED) is 0.337. The van der Waals surface area contributed by atoms with E-state index in [1.165, 1.54) is 11.3 Å². The zero-order valence-electron chi connectivity index (χ0n) is 19.4. The second-order valence-electron chi connectivity index (χ2n) is 8.07. The molecule has 6 N–H and O–H groups in total. The van der Waals surface area contributed by atoms with Crippen molar-refractivity contribution in [1.29, 1.82) is 0 Å². The molecule has 1 unspecified atom stereocenters. The number of fused-ring (bicyclic) bond motifs is 4. The second-order valence-corrected chi connectivity index (χ2v) is 9.16. The van der Waals surface area contributed by atoms with Crippen LogP contribution < -0.4 is 26.7 Å². The number of rotatable bonds is 4. The maximum absolute atomic E-state index is 12.8. The van der Waals surface area contributed by atoms with Gasteiger partial charge < -0.3 is 31.2 Å². The molecule has 0 fully saturated rings. The lowest BCUT2D eigenvalue weighted by atomic mass is 9.86. The normalized spacial score (nSPS) is 15.7. The lowest BCUT2D eigenvalue weighted by Crippen LogP contribution is -2.28. The van der Waals surface area contributed by atoms with Crippen molar-refractivity contribution in [2.45, 2.75) is 38.6 Å². The van der Waals surface area contributed by atoms with Crippen LogP contribution in [0.1, 0.15) is 52.3 Å². The third-order valence-corrected chi connectivity index (χ3v) is 6.72. The van der Waals surface area contributed by atoms with Gasteiger partial charge in [-0.2, -0.15) is 0 Å². The highest BCUT2D eigenvalue weighted by molar-refractivity contribution is 7.18. The van der Waals surface area contributed by atoms with Crippen LogP contribution in [0.4, 0.5) is 5.69 Å². The van der Waals surface area contributed by atoms with E-state index in [-0.39, 0.29) is 42.7 Å². The number of thiophene rings is 1. The van der Waals surface area contributed by atoms with E-state index in [1.807, 2.05) is 6.92 Å². The van der Waals surface area contributed by atoms with Gasteiger partial charge in [0.15, 0.2) is 6.61 Å². The number of halogens is 1. The Morgan fingerprint density at radius 1 is 1.33 bits per heavy atom. The number of H-pyrrole nitrogens is 1. The summed E-state index contributed by atoms with van der Waals surface area (Å²) in [5, 5.41) is 15.2. The molecule has 0 bridgehead atoms. The first-order valence-corrected chi connectivity index (χ1v) is 12.0. The fourth-order valence-electron chi connectivity index (χ4n) is 4.10. The SMILES string of the molecule is CCN.Cl.O=C1COc2ccc(CNC(=O)c3nc4sc5c(c4c(=O)[nH]3)C(C(=O)O)CCC5)cc2N1. The highest BCUT2D eigenvalue weighted by Gasteiger charge is 2.32. The highest BCUT2D eigenvalue weighted by atomic mass is 35.5. The Balaban J connectivity index is 0.000000861. The van der Waals surface area contributed by atoms with Gasteiger partial charge in [-0.15, -0.1) is 23.7 Å². The van der Waals surface area contributed by atoms with Crippen molar-refractivity contribution in [1.82, 2.24) is 15.3 Å². The van der Waals surface area contributed by atoms with Crippen LogP contribution in [0.5, 0.6) is 5.75 Å². The fourth-order valence-corrected chi connectivity index (χ4v) is 5.38. The maximum Gasteiger partial charge on any atom is 0.311 e. The summed E-state index contributed by atoms with van der Waals surface area (Å²) in [7, 11) is 0. The molecule has 11 nitrogen and oxygen atoms in total. The van der Waals surface area contributed by atoms with Crippen LogP contribution in [0.25, 0.3) is 10.2 Å². The molecule has 0 saturated heterocycles. The van der Waals surface area contributed by atoms with E-state index in [9.17, 15) is 24.3 Å². The molecule has 1 atom stereocenters. The number of aromatic nitrogens is 2. The van der Waals surface area contributed by atoms with Gasteiger partial charge in [0.05, 0.1) is 17.0 Å². The van der Waals surface area contributed by atoms with Gasteiger partial charge in [-0.25, -0.2) is 4.98 Å². The van der Waals surface area contributed by atoms with Crippen LogP contribution >= 0.6 is 23.7 Å².